The van der Waals surface area contributed by atoms with E-state index in [4.69, 9.17) is 0 Å². The molecular weight excluding hydrogens is 437 g/mol. The molecule has 0 spiro atoms. The minimum atomic E-state index is -4.59. The number of pyridine rings is 1. The number of hydrogen-bond acceptors (Lipinski definition) is 2. The van der Waals surface area contributed by atoms with Crippen molar-refractivity contribution in [2.24, 2.45) is 7.05 Å². The monoisotopic (exact) mass is 472 g/mol. The van der Waals surface area contributed by atoms with Crippen LogP contribution in [0.25, 0.3) is 10.9 Å². The Bertz CT molecular complexity index is 1160. The van der Waals surface area contributed by atoms with Gasteiger partial charge in [0.15, 0.2) is 0 Å². The first-order valence-electron chi connectivity index (χ1n) is 12.2. The zero-order chi connectivity index (χ0) is 25.0. The van der Waals surface area contributed by atoms with Crippen LogP contribution >= 0.6 is 0 Å². The summed E-state index contributed by atoms with van der Waals surface area (Å²) in [5.74, 6) is 0.0133. The number of hydrogen-bond donors (Lipinski definition) is 0. The van der Waals surface area contributed by atoms with Gasteiger partial charge in [-0.2, -0.15) is 13.2 Å². The number of aryl methyl sites for hydroxylation is 1. The molecule has 0 N–H and O–H groups in total. The first-order chi connectivity index (χ1) is 16.2. The van der Waals surface area contributed by atoms with Gasteiger partial charge in [-0.05, 0) is 61.0 Å². The summed E-state index contributed by atoms with van der Waals surface area (Å²) in [5, 5.41) is 0.111. The van der Waals surface area contributed by atoms with Gasteiger partial charge in [-0.15, -0.1) is 0 Å². The molecule has 3 nitrogen and oxygen atoms in total. The molecule has 1 fully saturated rings. The van der Waals surface area contributed by atoms with Crippen LogP contribution in [0.4, 0.5) is 13.2 Å². The predicted molar refractivity (Wildman–Crippen MR) is 133 cm³/mol. The highest BCUT2D eigenvalue weighted by molar-refractivity contribution is 5.85. The molecule has 2 aromatic carbocycles. The van der Waals surface area contributed by atoms with Crippen molar-refractivity contribution in [2.45, 2.75) is 65.1 Å². The number of alkyl halides is 3. The van der Waals surface area contributed by atoms with Gasteiger partial charge in [0.1, 0.15) is 0 Å². The SMILES string of the molecule is CC.CC(C)c1c(C(F)(F)F)c2cc(CN3CCC(c4ccccc4)CC3)ccc2n(C)c1=O. The molecule has 0 aliphatic carbocycles. The summed E-state index contributed by atoms with van der Waals surface area (Å²) in [4.78, 5) is 15.0. The molecule has 0 amide bonds. The van der Waals surface area contributed by atoms with Crippen LogP contribution in [0.1, 0.15) is 74.6 Å². The number of aromatic nitrogens is 1. The third kappa shape index (κ3) is 5.38. The number of nitrogens with zero attached hydrogens (tertiary/aromatic N) is 2. The minimum Gasteiger partial charge on any atom is -0.311 e. The van der Waals surface area contributed by atoms with E-state index in [9.17, 15) is 18.0 Å². The molecule has 1 aliphatic rings. The highest BCUT2D eigenvalue weighted by Crippen LogP contribution is 2.39. The third-order valence-corrected chi connectivity index (χ3v) is 6.62. The van der Waals surface area contributed by atoms with Crippen molar-refractivity contribution in [3.8, 4) is 0 Å². The normalized spacial score (nSPS) is 15.4. The van der Waals surface area contributed by atoms with E-state index >= 15 is 0 Å². The van der Waals surface area contributed by atoms with Gasteiger partial charge in [0, 0.05) is 24.5 Å². The second-order valence-corrected chi connectivity index (χ2v) is 9.12. The van der Waals surface area contributed by atoms with Crippen molar-refractivity contribution >= 4 is 10.9 Å². The topological polar surface area (TPSA) is 25.2 Å². The van der Waals surface area contributed by atoms with Crippen molar-refractivity contribution in [3.05, 3.63) is 81.1 Å². The first-order valence-corrected chi connectivity index (χ1v) is 12.2. The molecule has 6 heteroatoms. The fourth-order valence-electron chi connectivity index (χ4n) is 4.97. The van der Waals surface area contributed by atoms with E-state index in [2.05, 4.69) is 29.2 Å². The van der Waals surface area contributed by atoms with Crippen LogP contribution in [0.3, 0.4) is 0 Å². The Kier molecular flexibility index (Phi) is 8.24. The predicted octanol–water partition coefficient (Wildman–Crippen LogP) is 7.09. The fourth-order valence-corrected chi connectivity index (χ4v) is 4.97. The molecule has 1 aromatic heterocycles. The Hall–Kier alpha value is -2.60. The minimum absolute atomic E-state index is 0.111. The summed E-state index contributed by atoms with van der Waals surface area (Å²) in [6.45, 7) is 9.70. The third-order valence-electron chi connectivity index (χ3n) is 6.62. The highest BCUT2D eigenvalue weighted by Gasteiger charge is 2.38. The zero-order valence-corrected chi connectivity index (χ0v) is 20.7. The second kappa shape index (κ2) is 10.8. The van der Waals surface area contributed by atoms with E-state index in [1.165, 1.54) is 10.1 Å². The maximum Gasteiger partial charge on any atom is 0.417 e. The lowest BCUT2D eigenvalue weighted by Gasteiger charge is -2.32. The molecule has 0 atom stereocenters. The lowest BCUT2D eigenvalue weighted by molar-refractivity contribution is -0.137. The molecule has 0 bridgehead atoms. The molecular formula is C28H35F3N2O. The average molecular weight is 473 g/mol. The number of likely N-dealkylation sites (tertiary alicyclic amines) is 1. The molecule has 184 valence electrons. The van der Waals surface area contributed by atoms with Crippen molar-refractivity contribution in [2.75, 3.05) is 13.1 Å². The number of rotatable bonds is 4. The van der Waals surface area contributed by atoms with Gasteiger partial charge in [-0.25, -0.2) is 0 Å². The Morgan fingerprint density at radius 3 is 2.18 bits per heavy atom. The summed E-state index contributed by atoms with van der Waals surface area (Å²) in [7, 11) is 1.55. The van der Waals surface area contributed by atoms with E-state index in [1.807, 2.05) is 26.0 Å². The Labute approximate surface area is 200 Å². The van der Waals surface area contributed by atoms with E-state index < -0.39 is 23.2 Å². The van der Waals surface area contributed by atoms with Gasteiger partial charge in [0.25, 0.3) is 5.56 Å². The molecule has 34 heavy (non-hydrogen) atoms. The van der Waals surface area contributed by atoms with Crippen molar-refractivity contribution in [3.63, 3.8) is 0 Å². The number of piperidine rings is 1. The van der Waals surface area contributed by atoms with Crippen LogP contribution in [0, 0.1) is 0 Å². The second-order valence-electron chi connectivity index (χ2n) is 9.12. The van der Waals surface area contributed by atoms with Crippen LogP contribution < -0.4 is 5.56 Å². The average Bonchev–Trinajstić information content (AvgIpc) is 2.82. The first kappa shape index (κ1) is 26.0. The number of benzene rings is 2. The lowest BCUT2D eigenvalue weighted by atomic mass is 9.89. The van der Waals surface area contributed by atoms with Gasteiger partial charge < -0.3 is 4.57 Å². The molecule has 0 saturated carbocycles. The zero-order valence-electron chi connectivity index (χ0n) is 20.7. The quantitative estimate of drug-likeness (QED) is 0.405. The van der Waals surface area contributed by atoms with Crippen LogP contribution in [-0.4, -0.2) is 22.6 Å². The van der Waals surface area contributed by atoms with Crippen molar-refractivity contribution < 1.29 is 13.2 Å². The Morgan fingerprint density at radius 2 is 1.62 bits per heavy atom. The van der Waals surface area contributed by atoms with Gasteiger partial charge in [0.2, 0.25) is 0 Å². The van der Waals surface area contributed by atoms with Crippen LogP contribution in [-0.2, 0) is 19.8 Å². The van der Waals surface area contributed by atoms with E-state index in [0.29, 0.717) is 18.0 Å². The molecule has 1 aliphatic heterocycles. The maximum atomic E-state index is 14.1. The van der Waals surface area contributed by atoms with E-state index in [1.54, 1.807) is 33.0 Å². The smallest absolute Gasteiger partial charge is 0.311 e. The van der Waals surface area contributed by atoms with Gasteiger partial charge in [-0.1, -0.05) is 64.1 Å². The summed E-state index contributed by atoms with van der Waals surface area (Å²) < 4.78 is 43.6. The van der Waals surface area contributed by atoms with Gasteiger partial charge >= 0.3 is 6.18 Å². The Balaban J connectivity index is 0.00000158. The fraction of sp³-hybridized carbons (Fsp3) is 0.464. The Morgan fingerprint density at radius 1 is 1.00 bits per heavy atom. The van der Waals surface area contributed by atoms with Crippen molar-refractivity contribution in [1.29, 1.82) is 0 Å². The van der Waals surface area contributed by atoms with Gasteiger partial charge in [-0.3, -0.25) is 9.69 Å². The standard InChI is InChI=1S/C26H29F3N2O.C2H6/c1-17(2)23-24(26(27,28)29)21-15-18(9-10-22(21)30(3)25(23)32)16-31-13-11-20(12-14-31)19-7-5-4-6-8-19;1-2/h4-10,15,17,20H,11-14,16H2,1-3H3;1-2H3. The van der Waals surface area contributed by atoms with E-state index in [0.717, 1.165) is 31.5 Å². The lowest BCUT2D eigenvalue weighted by Crippen LogP contribution is -2.32. The molecule has 0 radical (unpaired) electrons. The van der Waals surface area contributed by atoms with Crippen LogP contribution in [0.5, 0.6) is 0 Å². The van der Waals surface area contributed by atoms with E-state index in [-0.39, 0.29) is 10.9 Å². The van der Waals surface area contributed by atoms with Gasteiger partial charge in [0.05, 0.1) is 11.1 Å². The number of fused-ring (bicyclic) bond motifs is 1. The molecule has 0 unspecified atom stereocenters. The number of halogens is 3. The van der Waals surface area contributed by atoms with Crippen molar-refractivity contribution in [1.82, 2.24) is 9.47 Å². The largest absolute Gasteiger partial charge is 0.417 e. The molecule has 3 aromatic rings. The summed E-state index contributed by atoms with van der Waals surface area (Å²) in [6.07, 6.45) is -2.51. The summed E-state index contributed by atoms with van der Waals surface area (Å²) >= 11 is 0. The maximum absolute atomic E-state index is 14.1. The molecule has 4 rings (SSSR count). The molecule has 2 heterocycles. The summed E-state index contributed by atoms with van der Waals surface area (Å²) in [6, 6.07) is 15.6. The summed E-state index contributed by atoms with van der Waals surface area (Å²) in [5.41, 5.74) is 1.00. The van der Waals surface area contributed by atoms with Crippen LogP contribution in [0.15, 0.2) is 53.3 Å². The molecule has 1 saturated heterocycles. The van der Waals surface area contributed by atoms with Crippen LogP contribution in [0.2, 0.25) is 0 Å². The highest BCUT2D eigenvalue weighted by atomic mass is 19.4.